The van der Waals surface area contributed by atoms with Crippen LogP contribution in [0.3, 0.4) is 0 Å². The van der Waals surface area contributed by atoms with Gasteiger partial charge >= 0.3 is 0 Å². The molecular formula is C18H26BrN5O2. The van der Waals surface area contributed by atoms with Gasteiger partial charge in [-0.25, -0.2) is 9.97 Å². The van der Waals surface area contributed by atoms with E-state index in [4.69, 9.17) is 0 Å². The Morgan fingerprint density at radius 1 is 1.42 bits per heavy atom. The number of H-pyrrole nitrogens is 1. The second-order valence-corrected chi connectivity index (χ2v) is 8.44. The summed E-state index contributed by atoms with van der Waals surface area (Å²) < 4.78 is 1.59. The number of rotatable bonds is 6. The number of alkyl halides is 1. The van der Waals surface area contributed by atoms with Crippen molar-refractivity contribution < 1.29 is 4.79 Å². The third kappa shape index (κ3) is 3.43. The Bertz CT molecular complexity index is 851. The van der Waals surface area contributed by atoms with Crippen LogP contribution in [0.25, 0.3) is 11.2 Å². The van der Waals surface area contributed by atoms with Crippen molar-refractivity contribution in [3.8, 4) is 0 Å². The summed E-state index contributed by atoms with van der Waals surface area (Å²) in [4.78, 5) is 37.1. The van der Waals surface area contributed by atoms with Gasteiger partial charge in [-0.05, 0) is 25.2 Å². The van der Waals surface area contributed by atoms with E-state index in [1.54, 1.807) is 10.9 Å². The van der Waals surface area contributed by atoms with Gasteiger partial charge < -0.3 is 10.3 Å². The van der Waals surface area contributed by atoms with Gasteiger partial charge in [0.05, 0.1) is 10.4 Å². The van der Waals surface area contributed by atoms with Crippen molar-refractivity contribution in [1.29, 1.82) is 0 Å². The Balaban J connectivity index is 1.99. The fraction of sp³-hybridized carbons (Fsp3) is 0.667. The number of carbonyl (C=O) groups excluding carboxylic acids is 1. The average molecular weight is 424 g/mol. The molecule has 0 radical (unpaired) electrons. The molecule has 8 heteroatoms. The molecule has 0 bridgehead atoms. The number of aryl methyl sites for hydroxylation is 1. The number of aromatic amines is 1. The second kappa shape index (κ2) is 7.50. The van der Waals surface area contributed by atoms with Crippen LogP contribution in [-0.2, 0) is 16.9 Å². The van der Waals surface area contributed by atoms with Crippen LogP contribution < -0.4 is 10.9 Å². The number of nitrogens with one attached hydrogen (secondary N) is 2. The van der Waals surface area contributed by atoms with Crippen molar-refractivity contribution in [2.45, 2.75) is 69.8 Å². The summed E-state index contributed by atoms with van der Waals surface area (Å²) in [7, 11) is 0. The van der Waals surface area contributed by atoms with E-state index in [1.165, 1.54) is 0 Å². The van der Waals surface area contributed by atoms with E-state index < -0.39 is 5.54 Å². The first-order chi connectivity index (χ1) is 12.4. The molecule has 142 valence electrons. The van der Waals surface area contributed by atoms with Crippen LogP contribution in [0.1, 0.15) is 58.7 Å². The van der Waals surface area contributed by atoms with E-state index in [-0.39, 0.29) is 22.2 Å². The van der Waals surface area contributed by atoms with Gasteiger partial charge in [0, 0.05) is 6.54 Å². The molecule has 1 saturated carbocycles. The zero-order chi connectivity index (χ0) is 18.9. The standard InChI is InChI=1S/C18H26BrN5O2/c1-4-9-24-10-20-14-13(16(24)26)21-17(22-14)18(7-5-6-8-18)23-15(25)12(19)11(2)3/h10-12H,4-9H2,1-3H3,(H,21,22)(H,23,25)/t12-/m1/s1. The molecule has 2 aromatic rings. The number of amides is 1. The van der Waals surface area contributed by atoms with Crippen LogP contribution in [0.5, 0.6) is 0 Å². The maximum atomic E-state index is 12.7. The lowest BCUT2D eigenvalue weighted by Crippen LogP contribution is -2.48. The van der Waals surface area contributed by atoms with Crippen LogP contribution >= 0.6 is 15.9 Å². The Morgan fingerprint density at radius 3 is 2.73 bits per heavy atom. The van der Waals surface area contributed by atoms with Crippen molar-refractivity contribution in [1.82, 2.24) is 24.8 Å². The number of fused-ring (bicyclic) bond motifs is 1. The third-order valence-corrected chi connectivity index (χ3v) is 6.53. The third-order valence-electron chi connectivity index (χ3n) is 5.05. The zero-order valence-corrected chi connectivity index (χ0v) is 17.1. The Morgan fingerprint density at radius 2 is 2.12 bits per heavy atom. The average Bonchev–Trinajstić information content (AvgIpc) is 3.24. The van der Waals surface area contributed by atoms with E-state index in [0.29, 0.717) is 23.5 Å². The lowest BCUT2D eigenvalue weighted by atomic mass is 9.95. The van der Waals surface area contributed by atoms with Crippen LogP contribution in [0.15, 0.2) is 11.1 Å². The van der Waals surface area contributed by atoms with Crippen molar-refractivity contribution >= 4 is 33.0 Å². The number of nitrogens with zero attached hydrogens (tertiary/aromatic N) is 3. The summed E-state index contributed by atoms with van der Waals surface area (Å²) in [6.45, 7) is 6.64. The molecule has 1 aliphatic carbocycles. The predicted octanol–water partition coefficient (Wildman–Crippen LogP) is 2.83. The molecule has 1 amide bonds. The SMILES string of the molecule is CCCn1cnc2nc(C3(NC(=O)[C@H](Br)C(C)C)CCCC3)[nH]c2c1=O. The van der Waals surface area contributed by atoms with Crippen LogP contribution in [-0.4, -0.2) is 30.3 Å². The number of hydrogen-bond acceptors (Lipinski definition) is 4. The van der Waals surface area contributed by atoms with E-state index in [0.717, 1.165) is 32.1 Å². The molecule has 3 rings (SSSR count). The monoisotopic (exact) mass is 423 g/mol. The summed E-state index contributed by atoms with van der Waals surface area (Å²) in [5.74, 6) is 0.784. The minimum absolute atomic E-state index is 0.0429. The van der Waals surface area contributed by atoms with Crippen LogP contribution in [0.2, 0.25) is 0 Å². The zero-order valence-electron chi connectivity index (χ0n) is 15.5. The summed E-state index contributed by atoms with van der Waals surface area (Å²) in [6.07, 6.45) is 6.04. The Labute approximate surface area is 161 Å². The summed E-state index contributed by atoms with van der Waals surface area (Å²) >= 11 is 3.48. The van der Waals surface area contributed by atoms with Gasteiger partial charge in [-0.2, -0.15) is 0 Å². The van der Waals surface area contributed by atoms with Gasteiger partial charge in [0.25, 0.3) is 5.56 Å². The van der Waals surface area contributed by atoms with Crippen molar-refractivity contribution in [3.63, 3.8) is 0 Å². The highest BCUT2D eigenvalue weighted by Crippen LogP contribution is 2.38. The van der Waals surface area contributed by atoms with Crippen molar-refractivity contribution in [2.75, 3.05) is 0 Å². The highest BCUT2D eigenvalue weighted by Gasteiger charge is 2.41. The fourth-order valence-electron chi connectivity index (χ4n) is 3.56. The first kappa shape index (κ1) is 19.1. The molecule has 0 aromatic carbocycles. The number of halogens is 1. The number of carbonyl (C=O) groups is 1. The van der Waals surface area contributed by atoms with E-state index >= 15 is 0 Å². The second-order valence-electron chi connectivity index (χ2n) is 7.45. The maximum absolute atomic E-state index is 12.7. The van der Waals surface area contributed by atoms with Gasteiger partial charge in [0.1, 0.15) is 12.2 Å². The summed E-state index contributed by atoms with van der Waals surface area (Å²) in [5.41, 5.74) is 0.157. The van der Waals surface area contributed by atoms with E-state index in [2.05, 4.69) is 36.2 Å². The molecule has 2 aromatic heterocycles. The first-order valence-electron chi connectivity index (χ1n) is 9.29. The first-order valence-corrected chi connectivity index (χ1v) is 10.2. The highest BCUT2D eigenvalue weighted by atomic mass is 79.9. The van der Waals surface area contributed by atoms with Gasteiger partial charge in [-0.1, -0.05) is 49.5 Å². The minimum Gasteiger partial charge on any atom is -0.342 e. The maximum Gasteiger partial charge on any atom is 0.279 e. The molecule has 2 N–H and O–H groups in total. The molecule has 1 atom stereocenters. The van der Waals surface area contributed by atoms with Crippen LogP contribution in [0, 0.1) is 5.92 Å². The smallest absolute Gasteiger partial charge is 0.279 e. The molecule has 0 saturated heterocycles. The lowest BCUT2D eigenvalue weighted by Gasteiger charge is -2.30. The van der Waals surface area contributed by atoms with Crippen LogP contribution in [0.4, 0.5) is 0 Å². The molecule has 0 aliphatic heterocycles. The quantitative estimate of drug-likeness (QED) is 0.698. The largest absolute Gasteiger partial charge is 0.342 e. The molecule has 26 heavy (non-hydrogen) atoms. The van der Waals surface area contributed by atoms with Crippen molar-refractivity contribution in [3.05, 3.63) is 22.5 Å². The summed E-state index contributed by atoms with van der Waals surface area (Å²) in [5, 5.41) is 3.19. The van der Waals surface area contributed by atoms with Gasteiger partial charge in [-0.15, -0.1) is 0 Å². The summed E-state index contributed by atoms with van der Waals surface area (Å²) in [6, 6.07) is 0. The van der Waals surface area contributed by atoms with E-state index in [1.807, 2.05) is 20.8 Å². The van der Waals surface area contributed by atoms with Gasteiger partial charge in [0.15, 0.2) is 11.2 Å². The molecule has 1 aliphatic rings. The number of aromatic nitrogens is 4. The van der Waals surface area contributed by atoms with Gasteiger partial charge in [-0.3, -0.25) is 14.2 Å². The molecule has 0 spiro atoms. The normalized spacial score (nSPS) is 17.7. The van der Waals surface area contributed by atoms with E-state index in [9.17, 15) is 9.59 Å². The Kier molecular flexibility index (Phi) is 5.50. The highest BCUT2D eigenvalue weighted by molar-refractivity contribution is 9.10. The topological polar surface area (TPSA) is 92.7 Å². The molecule has 7 nitrogen and oxygen atoms in total. The molecule has 1 fully saturated rings. The molecule has 0 unspecified atom stereocenters. The minimum atomic E-state index is -0.555. The number of imidazole rings is 1. The van der Waals surface area contributed by atoms with Crippen molar-refractivity contribution in [2.24, 2.45) is 5.92 Å². The Hall–Kier alpha value is -1.70. The molecular weight excluding hydrogens is 398 g/mol. The lowest BCUT2D eigenvalue weighted by molar-refractivity contribution is -0.123. The molecule has 2 heterocycles. The van der Waals surface area contributed by atoms with Gasteiger partial charge in [0.2, 0.25) is 5.91 Å². The number of hydrogen-bond donors (Lipinski definition) is 2. The predicted molar refractivity (Wildman–Crippen MR) is 104 cm³/mol. The fourth-order valence-corrected chi connectivity index (χ4v) is 3.68.